The van der Waals surface area contributed by atoms with E-state index in [0.29, 0.717) is 12.5 Å². The maximum absolute atomic E-state index is 13.3. The molecule has 0 amide bonds. The summed E-state index contributed by atoms with van der Waals surface area (Å²) in [5.74, 6) is 0. The van der Waals surface area contributed by atoms with E-state index >= 15 is 0 Å². The van der Waals surface area contributed by atoms with Crippen LogP contribution in [0.2, 0.25) is 0 Å². The highest BCUT2D eigenvalue weighted by atomic mass is 31.2. The van der Waals surface area contributed by atoms with Gasteiger partial charge in [-0.3, -0.25) is 4.57 Å². The second-order valence-electron chi connectivity index (χ2n) is 5.42. The molecule has 3 nitrogen and oxygen atoms in total. The summed E-state index contributed by atoms with van der Waals surface area (Å²) in [5.41, 5.74) is 1.05. The van der Waals surface area contributed by atoms with Crippen LogP contribution in [-0.4, -0.2) is 18.9 Å². The van der Waals surface area contributed by atoms with Gasteiger partial charge < -0.3 is 9.05 Å². The van der Waals surface area contributed by atoms with Crippen LogP contribution in [-0.2, 0) is 20.0 Å². The molecule has 0 fully saturated rings. The molecule has 1 aromatic rings. The predicted octanol–water partition coefficient (Wildman–Crippen LogP) is 5.92. The van der Waals surface area contributed by atoms with E-state index < -0.39 is 19.7 Å². The summed E-state index contributed by atoms with van der Waals surface area (Å²) in [5, 5.41) is 0. The van der Waals surface area contributed by atoms with Gasteiger partial charge in [-0.25, -0.2) is 0 Å². The average Bonchev–Trinajstić information content (AvgIpc) is 2.58. The zero-order valence-corrected chi connectivity index (χ0v) is 15.6. The molecule has 0 aliphatic heterocycles. The van der Waals surface area contributed by atoms with Gasteiger partial charge in [0.15, 0.2) is 0 Å². The molecule has 0 aliphatic carbocycles. The summed E-state index contributed by atoms with van der Waals surface area (Å²) in [4.78, 5) is 0. The molecule has 130 valence electrons. The first kappa shape index (κ1) is 17.0. The molecule has 1 aromatic carbocycles. The number of aryl methyl sites for hydroxylation is 1. The largest absolute Gasteiger partial charge is 0.337 e. The highest BCUT2D eigenvalue weighted by Gasteiger charge is 2.33. The average molecular weight is 340 g/mol. The molecule has 0 saturated carbocycles. The third kappa shape index (κ3) is 7.03. The number of hydrogen-bond acceptors (Lipinski definition) is 3. The maximum Gasteiger partial charge on any atom is 0.337 e. The Kier molecular flexibility index (Phi) is 7.96. The van der Waals surface area contributed by atoms with E-state index in [1.165, 1.54) is 0 Å². The first-order valence-electron chi connectivity index (χ1n) is 9.50. The minimum atomic E-state index is -3.53. The second-order valence-corrected chi connectivity index (χ2v) is 7.61. The van der Waals surface area contributed by atoms with Crippen LogP contribution in [0.3, 0.4) is 0 Å². The van der Waals surface area contributed by atoms with Crippen LogP contribution in [0.15, 0.2) is 36.4 Å². The predicted molar refractivity (Wildman–Crippen MR) is 98.2 cm³/mol. The molecule has 0 heterocycles. The molecular weight excluding hydrogens is 307 g/mol. The Balaban J connectivity index is 3.25. The van der Waals surface area contributed by atoms with Crippen molar-refractivity contribution in [3.05, 3.63) is 47.5 Å². The Morgan fingerprint density at radius 1 is 1.22 bits per heavy atom. The maximum atomic E-state index is 13.3. The van der Waals surface area contributed by atoms with Gasteiger partial charge in [0, 0.05) is 1.37 Å². The quantitative estimate of drug-likeness (QED) is 0.370. The van der Waals surface area contributed by atoms with Gasteiger partial charge in [0.2, 0.25) is 0 Å². The Morgan fingerprint density at radius 3 is 2.35 bits per heavy atom. The zero-order valence-electron chi connectivity index (χ0n) is 16.7. The summed E-state index contributed by atoms with van der Waals surface area (Å²) in [6.07, 6.45) is 3.28. The number of hydrogen-bond donors (Lipinski definition) is 0. The van der Waals surface area contributed by atoms with Crippen molar-refractivity contribution in [2.75, 3.05) is 13.2 Å². The molecule has 4 heteroatoms. The van der Waals surface area contributed by atoms with Crippen LogP contribution >= 0.6 is 7.60 Å². The molecule has 2 atom stereocenters. The minimum Gasteiger partial charge on any atom is -0.308 e. The third-order valence-corrected chi connectivity index (χ3v) is 5.65. The lowest BCUT2D eigenvalue weighted by molar-refractivity contribution is 0.215. The van der Waals surface area contributed by atoms with Crippen LogP contribution in [0.4, 0.5) is 0 Å². The third-order valence-electron chi connectivity index (χ3n) is 3.39. The first-order chi connectivity index (χ1) is 11.9. The van der Waals surface area contributed by atoms with Crippen molar-refractivity contribution in [3.8, 4) is 0 Å². The summed E-state index contributed by atoms with van der Waals surface area (Å²) < 4.78 is 41.1. The van der Waals surface area contributed by atoms with E-state index in [0.717, 1.165) is 24.0 Å². The monoisotopic (exact) mass is 340 g/mol. The van der Waals surface area contributed by atoms with Crippen molar-refractivity contribution in [2.24, 2.45) is 0 Å². The van der Waals surface area contributed by atoms with Crippen LogP contribution < -0.4 is 0 Å². The summed E-state index contributed by atoms with van der Waals surface area (Å²) in [6.45, 7) is 8.05. The molecule has 0 spiro atoms. The number of unbranched alkanes of at least 4 members (excludes halogenated alkanes) is 1. The highest BCUT2D eigenvalue weighted by Crippen LogP contribution is 2.54. The molecular formula is C19H31O3P. The highest BCUT2D eigenvalue weighted by molar-refractivity contribution is 7.54. The van der Waals surface area contributed by atoms with Crippen molar-refractivity contribution >= 4 is 7.60 Å². The SMILES string of the molecule is [2H]/C(=C\C(C([2H])c1ccc(C)cc1)P(=O)(OCC)OCC)CCCC. The molecule has 0 radical (unpaired) electrons. The lowest BCUT2D eigenvalue weighted by Gasteiger charge is -2.24. The Hall–Kier alpha value is -0.890. The van der Waals surface area contributed by atoms with Crippen molar-refractivity contribution in [2.45, 2.75) is 59.0 Å². The number of benzene rings is 1. The fourth-order valence-corrected chi connectivity index (χ4v) is 3.94. The number of rotatable bonds is 11. The summed E-state index contributed by atoms with van der Waals surface area (Å²) >= 11 is 0. The smallest absolute Gasteiger partial charge is 0.308 e. The van der Waals surface area contributed by atoms with E-state index in [2.05, 4.69) is 6.92 Å². The molecule has 0 N–H and O–H groups in total. The molecule has 0 aromatic heterocycles. The van der Waals surface area contributed by atoms with E-state index in [4.69, 9.17) is 11.8 Å². The zero-order chi connectivity index (χ0) is 18.9. The minimum absolute atomic E-state index is 0.241. The molecule has 0 bridgehead atoms. The van der Waals surface area contributed by atoms with Crippen molar-refractivity contribution in [1.82, 2.24) is 0 Å². The Morgan fingerprint density at radius 2 is 1.83 bits per heavy atom. The van der Waals surface area contributed by atoms with Crippen LogP contribution in [0.25, 0.3) is 0 Å². The Labute approximate surface area is 144 Å². The molecule has 0 aliphatic rings. The van der Waals surface area contributed by atoms with Gasteiger partial charge in [0.05, 0.1) is 20.2 Å². The Bertz CT molecular complexity index is 577. The van der Waals surface area contributed by atoms with Gasteiger partial charge in [-0.1, -0.05) is 61.7 Å². The van der Waals surface area contributed by atoms with Crippen LogP contribution in [0.1, 0.15) is 53.9 Å². The van der Waals surface area contributed by atoms with Crippen molar-refractivity contribution in [1.29, 1.82) is 0 Å². The molecule has 2 unspecified atom stereocenters. The van der Waals surface area contributed by atoms with Gasteiger partial charge >= 0.3 is 7.60 Å². The fourth-order valence-electron chi connectivity index (χ4n) is 2.16. The first-order valence-corrected chi connectivity index (χ1v) is 10.0. The van der Waals surface area contributed by atoms with Crippen LogP contribution in [0, 0.1) is 6.92 Å². The van der Waals surface area contributed by atoms with Gasteiger partial charge in [0.25, 0.3) is 0 Å². The standard InChI is InChI=1S/C19H31O3P/c1-5-8-9-10-11-19(23(20,21-6-2)22-7-3)16-18-14-12-17(4)13-15-18/h10-15,19H,5-9,16H2,1-4H3/b11-10+/i10D,16D. The topological polar surface area (TPSA) is 35.5 Å². The van der Waals surface area contributed by atoms with Crippen molar-refractivity contribution < 1.29 is 16.4 Å². The normalized spacial score (nSPS) is 16.6. The summed E-state index contributed by atoms with van der Waals surface area (Å²) in [6, 6.07) is 7.98. The van der Waals surface area contributed by atoms with E-state index in [-0.39, 0.29) is 13.2 Å². The van der Waals surface area contributed by atoms with E-state index in [9.17, 15) is 4.57 Å². The molecule has 1 rings (SSSR count). The summed E-state index contributed by atoms with van der Waals surface area (Å²) in [7, 11) is -3.53. The van der Waals surface area contributed by atoms with Crippen molar-refractivity contribution in [3.63, 3.8) is 0 Å². The molecule has 0 saturated heterocycles. The lowest BCUT2D eigenvalue weighted by Crippen LogP contribution is -2.14. The lowest BCUT2D eigenvalue weighted by atomic mass is 10.1. The van der Waals surface area contributed by atoms with Gasteiger partial charge in [-0.05, 0) is 39.2 Å². The number of allylic oxidation sites excluding steroid dienone is 2. The van der Waals surface area contributed by atoms with Crippen LogP contribution in [0.5, 0.6) is 0 Å². The second kappa shape index (κ2) is 10.8. The van der Waals surface area contributed by atoms with Gasteiger partial charge in [0.1, 0.15) is 0 Å². The fraction of sp³-hybridized carbons (Fsp3) is 0.579. The molecule has 23 heavy (non-hydrogen) atoms. The van der Waals surface area contributed by atoms with Gasteiger partial charge in [-0.2, -0.15) is 0 Å². The van der Waals surface area contributed by atoms with Gasteiger partial charge in [-0.15, -0.1) is 0 Å². The van der Waals surface area contributed by atoms with E-state index in [1.54, 1.807) is 19.9 Å². The van der Waals surface area contributed by atoms with E-state index in [1.807, 2.05) is 31.2 Å².